The molecule has 0 fully saturated rings. The van der Waals surface area contributed by atoms with E-state index in [-0.39, 0.29) is 24.4 Å². The van der Waals surface area contributed by atoms with Gasteiger partial charge in [0.2, 0.25) is 0 Å². The van der Waals surface area contributed by atoms with E-state index in [4.69, 9.17) is 9.84 Å². The second-order valence-electron chi connectivity index (χ2n) is 7.47. The Morgan fingerprint density at radius 2 is 1.58 bits per heavy atom. The van der Waals surface area contributed by atoms with Crippen molar-refractivity contribution in [2.75, 3.05) is 0 Å². The molecule has 0 aromatic carbocycles. The summed E-state index contributed by atoms with van der Waals surface area (Å²) in [6.45, 7) is 5.96. The summed E-state index contributed by atoms with van der Waals surface area (Å²) in [7, 11) is 0. The highest BCUT2D eigenvalue weighted by atomic mass is 16.5. The summed E-state index contributed by atoms with van der Waals surface area (Å²) in [5.41, 5.74) is 0. The standard InChI is InChI=1S/C22H40O4/c1-4-5-6-13-16-20(26-22(25)19(2)3)17-14-11-9-7-8-10-12-15-18-21(23)24/h11,14,19-20H,4-10,12-13,15-18H2,1-3H3,(H,23,24). The Morgan fingerprint density at radius 1 is 0.923 bits per heavy atom. The van der Waals surface area contributed by atoms with Crippen LogP contribution >= 0.6 is 0 Å². The van der Waals surface area contributed by atoms with Crippen LogP contribution in [0.1, 0.15) is 104 Å². The number of ether oxygens (including phenoxy) is 1. The van der Waals surface area contributed by atoms with E-state index in [1.54, 1.807) is 0 Å². The minimum absolute atomic E-state index is 0.00836. The van der Waals surface area contributed by atoms with Gasteiger partial charge in [-0.15, -0.1) is 0 Å². The molecule has 0 spiro atoms. The predicted molar refractivity (Wildman–Crippen MR) is 107 cm³/mol. The molecule has 4 heteroatoms. The average Bonchev–Trinajstić information content (AvgIpc) is 2.59. The Hall–Kier alpha value is -1.32. The molecule has 0 amide bonds. The minimum atomic E-state index is -0.699. The zero-order chi connectivity index (χ0) is 19.6. The summed E-state index contributed by atoms with van der Waals surface area (Å²) in [6, 6.07) is 0. The number of carbonyl (C=O) groups excluding carboxylic acids is 1. The van der Waals surface area contributed by atoms with Gasteiger partial charge in [-0.3, -0.25) is 9.59 Å². The van der Waals surface area contributed by atoms with Gasteiger partial charge in [-0.1, -0.05) is 71.4 Å². The molecule has 0 saturated heterocycles. The van der Waals surface area contributed by atoms with Gasteiger partial charge in [0.05, 0.1) is 5.92 Å². The molecular weight excluding hydrogens is 328 g/mol. The Kier molecular flexibility index (Phi) is 16.2. The smallest absolute Gasteiger partial charge is 0.308 e. The maximum Gasteiger partial charge on any atom is 0.308 e. The number of unbranched alkanes of at least 4 members (excludes halogenated alkanes) is 8. The average molecular weight is 369 g/mol. The van der Waals surface area contributed by atoms with Gasteiger partial charge in [0.15, 0.2) is 0 Å². The number of hydrogen-bond donors (Lipinski definition) is 1. The molecule has 26 heavy (non-hydrogen) atoms. The zero-order valence-electron chi connectivity index (χ0n) is 17.2. The third-order valence-corrected chi connectivity index (χ3v) is 4.46. The molecule has 1 unspecified atom stereocenters. The molecule has 0 rings (SSSR count). The van der Waals surface area contributed by atoms with Crippen molar-refractivity contribution in [2.45, 2.75) is 110 Å². The molecule has 1 N–H and O–H groups in total. The van der Waals surface area contributed by atoms with Crippen LogP contribution in [0.5, 0.6) is 0 Å². The van der Waals surface area contributed by atoms with Crippen molar-refractivity contribution in [2.24, 2.45) is 5.92 Å². The number of esters is 1. The maximum absolute atomic E-state index is 11.9. The van der Waals surface area contributed by atoms with Gasteiger partial charge in [-0.25, -0.2) is 0 Å². The number of carboxylic acids is 1. The summed E-state index contributed by atoms with van der Waals surface area (Å²) in [5, 5.41) is 8.58. The molecule has 0 bridgehead atoms. The molecule has 1 atom stereocenters. The van der Waals surface area contributed by atoms with Crippen LogP contribution in [0.4, 0.5) is 0 Å². The van der Waals surface area contributed by atoms with E-state index in [1.807, 2.05) is 13.8 Å². The Balaban J connectivity index is 3.92. The van der Waals surface area contributed by atoms with Crippen molar-refractivity contribution in [3.8, 4) is 0 Å². The Labute approximate surface area is 160 Å². The second-order valence-corrected chi connectivity index (χ2v) is 7.47. The fraction of sp³-hybridized carbons (Fsp3) is 0.818. The second kappa shape index (κ2) is 17.1. The lowest BCUT2D eigenvalue weighted by Gasteiger charge is -2.18. The topological polar surface area (TPSA) is 63.6 Å². The van der Waals surface area contributed by atoms with E-state index in [0.717, 1.165) is 57.8 Å². The predicted octanol–water partition coefficient (Wildman–Crippen LogP) is 6.29. The van der Waals surface area contributed by atoms with Crippen LogP contribution in [-0.2, 0) is 14.3 Å². The Morgan fingerprint density at radius 3 is 2.23 bits per heavy atom. The highest BCUT2D eigenvalue weighted by Crippen LogP contribution is 2.15. The first-order valence-electron chi connectivity index (χ1n) is 10.5. The molecular formula is C22H40O4. The first-order valence-corrected chi connectivity index (χ1v) is 10.5. The van der Waals surface area contributed by atoms with E-state index < -0.39 is 5.97 Å². The van der Waals surface area contributed by atoms with Crippen LogP contribution in [0.3, 0.4) is 0 Å². The molecule has 4 nitrogen and oxygen atoms in total. The van der Waals surface area contributed by atoms with Crippen molar-refractivity contribution in [3.05, 3.63) is 12.2 Å². The maximum atomic E-state index is 11.9. The van der Waals surface area contributed by atoms with Crippen LogP contribution in [0.25, 0.3) is 0 Å². The van der Waals surface area contributed by atoms with Gasteiger partial charge in [-0.05, 0) is 32.1 Å². The summed E-state index contributed by atoms with van der Waals surface area (Å²) in [5.74, 6) is -0.867. The van der Waals surface area contributed by atoms with Gasteiger partial charge >= 0.3 is 11.9 Å². The van der Waals surface area contributed by atoms with Crippen molar-refractivity contribution in [3.63, 3.8) is 0 Å². The molecule has 0 aliphatic carbocycles. The molecule has 0 saturated carbocycles. The fourth-order valence-corrected chi connectivity index (χ4v) is 2.76. The van der Waals surface area contributed by atoms with Crippen molar-refractivity contribution in [1.82, 2.24) is 0 Å². The van der Waals surface area contributed by atoms with Crippen molar-refractivity contribution < 1.29 is 19.4 Å². The summed E-state index contributed by atoms with van der Waals surface area (Å²) in [6.07, 6.45) is 17.4. The van der Waals surface area contributed by atoms with Crippen LogP contribution in [0.15, 0.2) is 12.2 Å². The lowest BCUT2D eigenvalue weighted by atomic mass is 10.1. The van der Waals surface area contributed by atoms with E-state index in [0.29, 0.717) is 0 Å². The number of allylic oxidation sites excluding steroid dienone is 1. The zero-order valence-corrected chi connectivity index (χ0v) is 17.2. The molecule has 0 aliphatic rings. The SMILES string of the molecule is CCCCCCC(CC=CCCCCCCCC(=O)O)OC(=O)C(C)C. The quantitative estimate of drug-likeness (QED) is 0.186. The summed E-state index contributed by atoms with van der Waals surface area (Å²) >= 11 is 0. The third kappa shape index (κ3) is 16.2. The molecule has 0 aliphatic heterocycles. The van der Waals surface area contributed by atoms with E-state index in [1.165, 1.54) is 19.3 Å². The molecule has 0 aromatic rings. The van der Waals surface area contributed by atoms with E-state index >= 15 is 0 Å². The van der Waals surface area contributed by atoms with Crippen molar-refractivity contribution in [1.29, 1.82) is 0 Å². The van der Waals surface area contributed by atoms with Crippen LogP contribution in [-0.4, -0.2) is 23.1 Å². The highest BCUT2D eigenvalue weighted by Gasteiger charge is 2.15. The van der Waals surface area contributed by atoms with Gasteiger partial charge in [0, 0.05) is 12.8 Å². The largest absolute Gasteiger partial charge is 0.481 e. The monoisotopic (exact) mass is 368 g/mol. The number of carbonyl (C=O) groups is 2. The number of hydrogen-bond acceptors (Lipinski definition) is 3. The number of aliphatic carboxylic acids is 1. The van der Waals surface area contributed by atoms with Gasteiger partial charge in [-0.2, -0.15) is 0 Å². The van der Waals surface area contributed by atoms with Crippen LogP contribution in [0.2, 0.25) is 0 Å². The third-order valence-electron chi connectivity index (χ3n) is 4.46. The van der Waals surface area contributed by atoms with Crippen molar-refractivity contribution >= 4 is 11.9 Å². The van der Waals surface area contributed by atoms with Crippen LogP contribution < -0.4 is 0 Å². The van der Waals surface area contributed by atoms with Gasteiger partial charge in [0.1, 0.15) is 6.10 Å². The molecule has 0 radical (unpaired) electrons. The highest BCUT2D eigenvalue weighted by molar-refractivity contribution is 5.71. The molecule has 152 valence electrons. The normalized spacial score (nSPS) is 12.6. The summed E-state index contributed by atoms with van der Waals surface area (Å²) < 4.78 is 5.65. The van der Waals surface area contributed by atoms with Gasteiger partial charge in [0.25, 0.3) is 0 Å². The van der Waals surface area contributed by atoms with Crippen LogP contribution in [0, 0.1) is 5.92 Å². The first-order chi connectivity index (χ1) is 12.5. The molecule has 0 heterocycles. The number of rotatable bonds is 17. The first kappa shape index (κ1) is 24.7. The fourth-order valence-electron chi connectivity index (χ4n) is 2.76. The number of carboxylic acid groups (broad SMARTS) is 1. The Bertz CT molecular complexity index is 388. The summed E-state index contributed by atoms with van der Waals surface area (Å²) in [4.78, 5) is 22.3. The lowest BCUT2D eigenvalue weighted by Crippen LogP contribution is -2.21. The van der Waals surface area contributed by atoms with E-state index in [9.17, 15) is 9.59 Å². The van der Waals surface area contributed by atoms with E-state index in [2.05, 4.69) is 19.1 Å². The lowest BCUT2D eigenvalue weighted by molar-refractivity contribution is -0.153. The minimum Gasteiger partial charge on any atom is -0.481 e. The molecule has 0 aromatic heterocycles. The van der Waals surface area contributed by atoms with Gasteiger partial charge < -0.3 is 9.84 Å².